The quantitative estimate of drug-likeness (QED) is 0.604. The largest absolute Gasteiger partial charge is 0.481 e. The van der Waals surface area contributed by atoms with Gasteiger partial charge in [-0.15, -0.1) is 0 Å². The Labute approximate surface area is 117 Å². The number of aliphatic carboxylic acids is 1. The van der Waals surface area contributed by atoms with Crippen LogP contribution in [0.4, 0.5) is 4.79 Å². The maximum absolute atomic E-state index is 12.0. The molecule has 0 aliphatic carbocycles. The van der Waals surface area contributed by atoms with Crippen LogP contribution in [0.2, 0.25) is 0 Å². The Kier molecular flexibility index (Phi) is 6.78. The van der Waals surface area contributed by atoms with Crippen LogP contribution >= 0.6 is 0 Å². The van der Waals surface area contributed by atoms with E-state index in [4.69, 9.17) is 9.84 Å². The van der Waals surface area contributed by atoms with Crippen LogP contribution in [0.25, 0.3) is 0 Å². The first-order chi connectivity index (χ1) is 9.56. The Morgan fingerprint density at radius 3 is 2.70 bits per heavy atom. The Morgan fingerprint density at radius 1 is 1.30 bits per heavy atom. The van der Waals surface area contributed by atoms with Crippen molar-refractivity contribution in [3.63, 3.8) is 0 Å². The summed E-state index contributed by atoms with van der Waals surface area (Å²) in [5.41, 5.74) is 0. The summed E-state index contributed by atoms with van der Waals surface area (Å²) in [6.45, 7) is 3.35. The number of ether oxygens (including phenoxy) is 1. The molecule has 114 valence electrons. The molecule has 0 aromatic carbocycles. The number of carboxylic acid groups (broad SMARTS) is 1. The summed E-state index contributed by atoms with van der Waals surface area (Å²) >= 11 is 0. The number of nitrogens with one attached hydrogen (secondary N) is 2. The van der Waals surface area contributed by atoms with Gasteiger partial charge in [-0.05, 0) is 6.42 Å². The molecule has 20 heavy (non-hydrogen) atoms. The van der Waals surface area contributed by atoms with Crippen molar-refractivity contribution >= 4 is 17.9 Å². The second kappa shape index (κ2) is 8.36. The van der Waals surface area contributed by atoms with Crippen molar-refractivity contribution in [3.8, 4) is 0 Å². The molecule has 1 atom stereocenters. The van der Waals surface area contributed by atoms with Gasteiger partial charge in [0.05, 0.1) is 19.6 Å². The van der Waals surface area contributed by atoms with Gasteiger partial charge < -0.3 is 25.4 Å². The fraction of sp³-hybridized carbons (Fsp3) is 0.750. The van der Waals surface area contributed by atoms with Crippen molar-refractivity contribution in [2.45, 2.75) is 25.8 Å². The van der Waals surface area contributed by atoms with Crippen LogP contribution in [0.15, 0.2) is 0 Å². The number of carbonyl (C=O) groups excluding carboxylic acids is 2. The third-order valence-electron chi connectivity index (χ3n) is 2.86. The molecule has 3 amide bonds. The minimum Gasteiger partial charge on any atom is -0.481 e. The summed E-state index contributed by atoms with van der Waals surface area (Å²) < 4.78 is 5.23. The zero-order chi connectivity index (χ0) is 15.0. The third kappa shape index (κ3) is 5.04. The van der Waals surface area contributed by atoms with Crippen LogP contribution in [0, 0.1) is 0 Å². The van der Waals surface area contributed by atoms with E-state index in [9.17, 15) is 14.4 Å². The molecule has 0 aromatic rings. The molecule has 1 saturated heterocycles. The van der Waals surface area contributed by atoms with Gasteiger partial charge in [-0.1, -0.05) is 6.92 Å². The molecule has 0 aromatic heterocycles. The predicted molar refractivity (Wildman–Crippen MR) is 70.3 cm³/mol. The van der Waals surface area contributed by atoms with E-state index in [2.05, 4.69) is 10.6 Å². The second-order valence-electron chi connectivity index (χ2n) is 4.45. The number of hydrogen-bond acceptors (Lipinski definition) is 4. The maximum Gasteiger partial charge on any atom is 0.318 e. The Balaban J connectivity index is 2.52. The summed E-state index contributed by atoms with van der Waals surface area (Å²) in [5, 5.41) is 13.7. The Morgan fingerprint density at radius 2 is 2.05 bits per heavy atom. The number of hydrogen-bond donors (Lipinski definition) is 3. The topological polar surface area (TPSA) is 108 Å². The normalized spacial score (nSPS) is 18.4. The molecule has 0 saturated carbocycles. The lowest BCUT2D eigenvalue weighted by atomic mass is 10.2. The van der Waals surface area contributed by atoms with Gasteiger partial charge in [0, 0.05) is 19.6 Å². The van der Waals surface area contributed by atoms with Gasteiger partial charge in [-0.25, -0.2) is 4.79 Å². The van der Waals surface area contributed by atoms with Crippen LogP contribution < -0.4 is 10.6 Å². The summed E-state index contributed by atoms with van der Waals surface area (Å²) in [7, 11) is 0. The smallest absolute Gasteiger partial charge is 0.318 e. The molecule has 1 heterocycles. The highest BCUT2D eigenvalue weighted by Gasteiger charge is 2.32. The first kappa shape index (κ1) is 16.2. The van der Waals surface area contributed by atoms with Gasteiger partial charge in [0.2, 0.25) is 5.91 Å². The summed E-state index contributed by atoms with van der Waals surface area (Å²) in [5.74, 6) is -1.23. The summed E-state index contributed by atoms with van der Waals surface area (Å²) in [4.78, 5) is 35.7. The van der Waals surface area contributed by atoms with Crippen molar-refractivity contribution in [2.75, 3.05) is 32.8 Å². The first-order valence-corrected chi connectivity index (χ1v) is 6.68. The summed E-state index contributed by atoms with van der Waals surface area (Å²) in [6, 6.07) is -1.11. The molecular formula is C12H21N3O5. The van der Waals surface area contributed by atoms with Gasteiger partial charge in [0.25, 0.3) is 0 Å². The molecule has 1 rings (SSSR count). The van der Waals surface area contributed by atoms with Gasteiger partial charge in [-0.2, -0.15) is 0 Å². The molecule has 1 aliphatic rings. The fourth-order valence-corrected chi connectivity index (χ4v) is 1.81. The van der Waals surface area contributed by atoms with Gasteiger partial charge >= 0.3 is 12.0 Å². The van der Waals surface area contributed by atoms with E-state index < -0.39 is 18.0 Å². The van der Waals surface area contributed by atoms with E-state index >= 15 is 0 Å². The average Bonchev–Trinajstić information content (AvgIpc) is 2.44. The standard InChI is InChI=1S/C12H21N3O5/c1-2-4-13-11(18)9-8-20-7-6-15(9)12(19)14-5-3-10(16)17/h9H,2-8H2,1H3,(H,13,18)(H,14,19)(H,16,17). The van der Waals surface area contributed by atoms with Crippen LogP contribution in [0.3, 0.4) is 0 Å². The highest BCUT2D eigenvalue weighted by Crippen LogP contribution is 2.07. The molecular weight excluding hydrogens is 266 g/mol. The third-order valence-corrected chi connectivity index (χ3v) is 2.86. The van der Waals surface area contributed by atoms with Crippen LogP contribution in [-0.2, 0) is 14.3 Å². The lowest BCUT2D eigenvalue weighted by Crippen LogP contribution is -2.58. The Bertz CT molecular complexity index is 361. The molecule has 3 N–H and O–H groups in total. The number of amides is 3. The minimum atomic E-state index is -0.982. The van der Waals surface area contributed by atoms with E-state index in [0.717, 1.165) is 6.42 Å². The lowest BCUT2D eigenvalue weighted by Gasteiger charge is -2.34. The first-order valence-electron chi connectivity index (χ1n) is 6.68. The zero-order valence-electron chi connectivity index (χ0n) is 11.6. The van der Waals surface area contributed by atoms with E-state index in [0.29, 0.717) is 19.7 Å². The number of carbonyl (C=O) groups is 3. The number of urea groups is 1. The van der Waals surface area contributed by atoms with E-state index in [1.54, 1.807) is 0 Å². The van der Waals surface area contributed by atoms with Crippen LogP contribution in [0.1, 0.15) is 19.8 Å². The highest BCUT2D eigenvalue weighted by atomic mass is 16.5. The van der Waals surface area contributed by atoms with Crippen molar-refractivity contribution in [1.82, 2.24) is 15.5 Å². The molecule has 0 radical (unpaired) electrons. The molecule has 8 nitrogen and oxygen atoms in total. The van der Waals surface area contributed by atoms with Gasteiger partial charge in [-0.3, -0.25) is 9.59 Å². The number of carboxylic acids is 1. The minimum absolute atomic E-state index is 0.0365. The Hall–Kier alpha value is -1.83. The van der Waals surface area contributed by atoms with Crippen LogP contribution in [-0.4, -0.2) is 66.8 Å². The molecule has 1 fully saturated rings. The molecule has 0 bridgehead atoms. The molecule has 8 heteroatoms. The van der Waals surface area contributed by atoms with Crippen LogP contribution in [0.5, 0.6) is 0 Å². The zero-order valence-corrected chi connectivity index (χ0v) is 11.6. The second-order valence-corrected chi connectivity index (χ2v) is 4.45. The predicted octanol–water partition coefficient (Wildman–Crippen LogP) is -0.602. The van der Waals surface area contributed by atoms with Crippen molar-refractivity contribution in [1.29, 1.82) is 0 Å². The van der Waals surface area contributed by atoms with Gasteiger partial charge in [0.15, 0.2) is 0 Å². The number of rotatable bonds is 6. The average molecular weight is 287 g/mol. The molecule has 1 aliphatic heterocycles. The number of morpholine rings is 1. The fourth-order valence-electron chi connectivity index (χ4n) is 1.81. The lowest BCUT2D eigenvalue weighted by molar-refractivity contribution is -0.137. The van der Waals surface area contributed by atoms with Crippen molar-refractivity contribution in [2.24, 2.45) is 0 Å². The molecule has 0 spiro atoms. The van der Waals surface area contributed by atoms with E-state index in [-0.39, 0.29) is 25.5 Å². The highest BCUT2D eigenvalue weighted by molar-refractivity contribution is 5.87. The maximum atomic E-state index is 12.0. The summed E-state index contributed by atoms with van der Waals surface area (Å²) in [6.07, 6.45) is 0.660. The molecule has 1 unspecified atom stereocenters. The van der Waals surface area contributed by atoms with Crippen molar-refractivity contribution in [3.05, 3.63) is 0 Å². The van der Waals surface area contributed by atoms with Crippen molar-refractivity contribution < 1.29 is 24.2 Å². The van der Waals surface area contributed by atoms with Gasteiger partial charge in [0.1, 0.15) is 6.04 Å². The van der Waals surface area contributed by atoms with E-state index in [1.807, 2.05) is 6.92 Å². The number of nitrogens with zero attached hydrogens (tertiary/aromatic N) is 1. The monoisotopic (exact) mass is 287 g/mol. The SMILES string of the molecule is CCCNC(=O)C1COCCN1C(=O)NCCC(=O)O. The van der Waals surface area contributed by atoms with E-state index in [1.165, 1.54) is 4.90 Å².